The Kier molecular flexibility index (Phi) is 6.80. The van der Waals surface area contributed by atoms with Crippen molar-refractivity contribution < 1.29 is 9.53 Å². The molecule has 1 amide bonds. The number of anilines is 1. The van der Waals surface area contributed by atoms with Crippen molar-refractivity contribution in [3.63, 3.8) is 0 Å². The van der Waals surface area contributed by atoms with Gasteiger partial charge in [0.15, 0.2) is 0 Å². The lowest BCUT2D eigenvalue weighted by atomic mass is 9.93. The summed E-state index contributed by atoms with van der Waals surface area (Å²) in [5.41, 5.74) is 7.98. The minimum Gasteiger partial charge on any atom is -0.496 e. The van der Waals surface area contributed by atoms with Gasteiger partial charge in [-0.2, -0.15) is 0 Å². The van der Waals surface area contributed by atoms with Gasteiger partial charge in [-0.25, -0.2) is 0 Å². The average Bonchev–Trinajstić information content (AvgIpc) is 3.22. The predicted octanol–water partition coefficient (Wildman–Crippen LogP) is 5.78. The fraction of sp³-hybridized carbons (Fsp3) is 0.357. The van der Waals surface area contributed by atoms with E-state index in [9.17, 15) is 4.79 Å². The molecule has 0 radical (unpaired) electrons. The van der Waals surface area contributed by atoms with Crippen molar-refractivity contribution in [2.45, 2.75) is 40.7 Å². The second-order valence-corrected chi connectivity index (χ2v) is 9.19. The zero-order valence-electron chi connectivity index (χ0n) is 20.2. The number of carbonyl (C=O) groups is 1. The van der Waals surface area contributed by atoms with Crippen LogP contribution in [0.15, 0.2) is 48.7 Å². The Balaban J connectivity index is 1.55. The number of carbonyl (C=O) groups excluding carboxylic acids is 1. The maximum Gasteiger partial charge on any atom is 0.274 e. The molecular formula is C28H33N3O2. The number of aryl methyl sites for hydroxylation is 1. The number of hydrogen-bond donors (Lipinski definition) is 1. The van der Waals surface area contributed by atoms with Crippen molar-refractivity contribution in [3.8, 4) is 16.9 Å². The first-order chi connectivity index (χ1) is 15.9. The molecule has 2 heterocycles. The second kappa shape index (κ2) is 9.75. The fourth-order valence-corrected chi connectivity index (χ4v) is 4.60. The summed E-state index contributed by atoms with van der Waals surface area (Å²) < 4.78 is 5.60. The third kappa shape index (κ3) is 4.93. The standard InChI is InChI=1S/C28H33N3O2/c1-18-12-13-31(16-18)17-22-15-29-26(14-27(22)33-5)28(32)30-25-11-7-10-24(21(25)4)23-9-6-8-19(2)20(23)3/h6-11,14-15,18H,12-13,16-17H2,1-5H3,(H,30,32). The molecule has 4 rings (SSSR count). The third-order valence-corrected chi connectivity index (χ3v) is 6.78. The molecule has 0 aliphatic carbocycles. The molecule has 1 aromatic heterocycles. The first-order valence-corrected chi connectivity index (χ1v) is 11.6. The van der Waals surface area contributed by atoms with Crippen LogP contribution in [0.3, 0.4) is 0 Å². The minimum absolute atomic E-state index is 0.240. The molecule has 3 aromatic rings. The van der Waals surface area contributed by atoms with E-state index in [4.69, 9.17) is 4.74 Å². The number of amides is 1. The SMILES string of the molecule is COc1cc(C(=O)Nc2cccc(-c3cccc(C)c3C)c2C)ncc1CN1CCC(C)C1. The molecule has 33 heavy (non-hydrogen) atoms. The van der Waals surface area contributed by atoms with Crippen LogP contribution in [0.5, 0.6) is 5.75 Å². The average molecular weight is 444 g/mol. The van der Waals surface area contributed by atoms with Crippen molar-refractivity contribution in [1.82, 2.24) is 9.88 Å². The van der Waals surface area contributed by atoms with Crippen LogP contribution in [0.2, 0.25) is 0 Å². The normalized spacial score (nSPS) is 16.1. The number of hydrogen-bond acceptors (Lipinski definition) is 4. The van der Waals surface area contributed by atoms with E-state index in [0.717, 1.165) is 47.9 Å². The number of benzene rings is 2. The first kappa shape index (κ1) is 23.0. The number of rotatable bonds is 6. The van der Waals surface area contributed by atoms with Crippen LogP contribution in [-0.2, 0) is 6.54 Å². The molecule has 5 heteroatoms. The Hall–Kier alpha value is -3.18. The molecule has 1 saturated heterocycles. The van der Waals surface area contributed by atoms with Gasteiger partial charge in [0, 0.05) is 36.6 Å². The Bertz CT molecular complexity index is 1170. The molecule has 172 valence electrons. The molecule has 2 aromatic carbocycles. The molecule has 5 nitrogen and oxygen atoms in total. The van der Waals surface area contributed by atoms with Crippen molar-refractivity contribution >= 4 is 11.6 Å². The first-order valence-electron chi connectivity index (χ1n) is 11.6. The number of nitrogens with one attached hydrogen (secondary N) is 1. The Morgan fingerprint density at radius 3 is 2.55 bits per heavy atom. The smallest absolute Gasteiger partial charge is 0.274 e. The van der Waals surface area contributed by atoms with Crippen LogP contribution >= 0.6 is 0 Å². The highest BCUT2D eigenvalue weighted by Crippen LogP contribution is 2.32. The lowest BCUT2D eigenvalue weighted by Crippen LogP contribution is -2.21. The Morgan fingerprint density at radius 1 is 1.12 bits per heavy atom. The van der Waals surface area contributed by atoms with E-state index in [1.807, 2.05) is 19.1 Å². The highest BCUT2D eigenvalue weighted by Gasteiger charge is 2.21. The minimum atomic E-state index is -0.240. The molecule has 1 aliphatic rings. The zero-order valence-corrected chi connectivity index (χ0v) is 20.2. The fourth-order valence-electron chi connectivity index (χ4n) is 4.60. The van der Waals surface area contributed by atoms with Crippen LogP contribution in [0.4, 0.5) is 5.69 Å². The molecule has 0 saturated carbocycles. The predicted molar refractivity (Wildman–Crippen MR) is 134 cm³/mol. The molecule has 1 fully saturated rings. The van der Waals surface area contributed by atoms with E-state index < -0.39 is 0 Å². The van der Waals surface area contributed by atoms with Gasteiger partial charge in [-0.05, 0) is 73.5 Å². The van der Waals surface area contributed by atoms with Gasteiger partial charge >= 0.3 is 0 Å². The topological polar surface area (TPSA) is 54.5 Å². The number of nitrogens with zero attached hydrogens (tertiary/aromatic N) is 2. The summed E-state index contributed by atoms with van der Waals surface area (Å²) in [6, 6.07) is 14.1. The van der Waals surface area contributed by atoms with Gasteiger partial charge < -0.3 is 10.1 Å². The van der Waals surface area contributed by atoms with Gasteiger partial charge in [-0.3, -0.25) is 14.7 Å². The lowest BCUT2D eigenvalue weighted by Gasteiger charge is -2.18. The van der Waals surface area contributed by atoms with Gasteiger partial charge in [-0.15, -0.1) is 0 Å². The summed E-state index contributed by atoms with van der Waals surface area (Å²) in [5.74, 6) is 1.18. The summed E-state index contributed by atoms with van der Waals surface area (Å²) in [6.07, 6.45) is 2.99. The van der Waals surface area contributed by atoms with Crippen molar-refractivity contribution in [1.29, 1.82) is 0 Å². The van der Waals surface area contributed by atoms with Crippen LogP contribution in [0.25, 0.3) is 11.1 Å². The maximum atomic E-state index is 13.1. The lowest BCUT2D eigenvalue weighted by molar-refractivity contribution is 0.102. The zero-order chi connectivity index (χ0) is 23.5. The number of likely N-dealkylation sites (tertiary alicyclic amines) is 1. The quantitative estimate of drug-likeness (QED) is 0.525. The van der Waals surface area contributed by atoms with Gasteiger partial charge in [0.05, 0.1) is 7.11 Å². The van der Waals surface area contributed by atoms with Crippen molar-refractivity contribution in [2.24, 2.45) is 5.92 Å². The van der Waals surface area contributed by atoms with Gasteiger partial charge in [0.1, 0.15) is 11.4 Å². The number of pyridine rings is 1. The summed E-state index contributed by atoms with van der Waals surface area (Å²) >= 11 is 0. The summed E-state index contributed by atoms with van der Waals surface area (Å²) in [4.78, 5) is 19.9. The van der Waals surface area contributed by atoms with Crippen LogP contribution in [-0.4, -0.2) is 36.0 Å². The number of methoxy groups -OCH3 is 1. The number of aromatic nitrogens is 1. The summed E-state index contributed by atoms with van der Waals surface area (Å²) in [6.45, 7) is 11.5. The van der Waals surface area contributed by atoms with Gasteiger partial charge in [-0.1, -0.05) is 37.3 Å². The molecule has 1 atom stereocenters. The Morgan fingerprint density at radius 2 is 1.85 bits per heavy atom. The van der Waals surface area contributed by atoms with Crippen LogP contribution in [0.1, 0.15) is 46.1 Å². The highest BCUT2D eigenvalue weighted by molar-refractivity contribution is 6.04. The molecule has 1 unspecified atom stereocenters. The van der Waals surface area contributed by atoms with Crippen LogP contribution < -0.4 is 10.1 Å². The summed E-state index contributed by atoms with van der Waals surface area (Å²) in [7, 11) is 1.64. The monoisotopic (exact) mass is 443 g/mol. The molecule has 0 spiro atoms. The van der Waals surface area contributed by atoms with Crippen LogP contribution in [0, 0.1) is 26.7 Å². The van der Waals surface area contributed by atoms with E-state index in [1.165, 1.54) is 23.1 Å². The van der Waals surface area contributed by atoms with E-state index in [1.54, 1.807) is 19.4 Å². The summed E-state index contributed by atoms with van der Waals surface area (Å²) in [5, 5.41) is 3.05. The number of ether oxygens (including phenoxy) is 1. The van der Waals surface area contributed by atoms with Gasteiger partial charge in [0.25, 0.3) is 5.91 Å². The molecule has 1 aliphatic heterocycles. The van der Waals surface area contributed by atoms with Crippen molar-refractivity contribution in [2.75, 3.05) is 25.5 Å². The van der Waals surface area contributed by atoms with Gasteiger partial charge in [0.2, 0.25) is 0 Å². The van der Waals surface area contributed by atoms with E-state index in [2.05, 4.69) is 60.2 Å². The third-order valence-electron chi connectivity index (χ3n) is 6.78. The maximum absolute atomic E-state index is 13.1. The molecular weight excluding hydrogens is 410 g/mol. The highest BCUT2D eigenvalue weighted by atomic mass is 16.5. The van der Waals surface area contributed by atoms with Crippen molar-refractivity contribution in [3.05, 3.63) is 76.6 Å². The second-order valence-electron chi connectivity index (χ2n) is 9.19. The van der Waals surface area contributed by atoms with E-state index >= 15 is 0 Å². The van der Waals surface area contributed by atoms with E-state index in [0.29, 0.717) is 11.4 Å². The molecule has 0 bridgehead atoms. The largest absolute Gasteiger partial charge is 0.496 e. The Labute approximate surface area is 196 Å². The van der Waals surface area contributed by atoms with E-state index in [-0.39, 0.29) is 5.91 Å². The molecule has 1 N–H and O–H groups in total.